The number of hydrogen-bond acceptors (Lipinski definition) is 3. The van der Waals surface area contributed by atoms with Crippen LogP contribution in [0.2, 0.25) is 0 Å². The Hall–Kier alpha value is -0.0326. The smallest absolute Gasteiger partial charge is 0.766 e. The molecule has 0 aromatic carbocycles. The predicted octanol–water partition coefficient (Wildman–Crippen LogP) is -2.91. The molecule has 0 radical (unpaired) electrons. The molecule has 0 amide bonds. The molecule has 0 rings (SSSR count). The van der Waals surface area contributed by atoms with Crippen LogP contribution in [0.15, 0.2) is 0 Å². The summed E-state index contributed by atoms with van der Waals surface area (Å²) in [4.78, 5) is 8.36. The molecule has 0 fully saturated rings. The van der Waals surface area contributed by atoms with Crippen molar-refractivity contribution in [3.8, 4) is 0 Å². The molecule has 0 heterocycles. The fourth-order valence-corrected chi connectivity index (χ4v) is 0. The summed E-state index contributed by atoms with van der Waals surface area (Å²) in [6, 6.07) is 0. The Kier molecular flexibility index (Phi) is 12.6. The molecule has 0 aliphatic carbocycles. The molecule has 0 aliphatic heterocycles. The van der Waals surface area contributed by atoms with Crippen molar-refractivity contribution in [3.63, 3.8) is 0 Å². The first-order valence-corrected chi connectivity index (χ1v) is 2.67. The van der Waals surface area contributed by atoms with Gasteiger partial charge >= 0.3 is 24.4 Å². The van der Waals surface area contributed by atoms with Crippen LogP contribution < -0.4 is 18.9 Å². The van der Waals surface area contributed by atoms with Crippen molar-refractivity contribution in [1.29, 1.82) is 0 Å². The SMILES string of the molecule is O=CO.O=S([O-])C(F)(F)F.[Li+]. The van der Waals surface area contributed by atoms with Crippen LogP contribution in [0.3, 0.4) is 0 Å². The van der Waals surface area contributed by atoms with E-state index in [4.69, 9.17) is 18.7 Å². The van der Waals surface area contributed by atoms with Gasteiger partial charge in [-0.3, -0.25) is 9.00 Å². The van der Waals surface area contributed by atoms with Gasteiger partial charge in [0.25, 0.3) is 6.47 Å². The average molecular weight is 186 g/mol. The van der Waals surface area contributed by atoms with E-state index < -0.39 is 16.6 Å². The van der Waals surface area contributed by atoms with Gasteiger partial charge in [-0.1, -0.05) is 0 Å². The van der Waals surface area contributed by atoms with Crippen molar-refractivity contribution < 1.29 is 50.7 Å². The molecule has 11 heavy (non-hydrogen) atoms. The molecule has 62 valence electrons. The first kappa shape index (κ1) is 17.2. The Morgan fingerprint density at radius 3 is 1.55 bits per heavy atom. The zero-order chi connectivity index (χ0) is 8.78. The third-order valence-corrected chi connectivity index (χ3v) is 0.567. The van der Waals surface area contributed by atoms with Crippen LogP contribution in [0.1, 0.15) is 0 Å². The predicted molar refractivity (Wildman–Crippen MR) is 23.7 cm³/mol. The van der Waals surface area contributed by atoms with Gasteiger partial charge in [0, 0.05) is 0 Å². The van der Waals surface area contributed by atoms with Crippen LogP contribution in [0.25, 0.3) is 0 Å². The minimum Gasteiger partial charge on any atom is -0.766 e. The van der Waals surface area contributed by atoms with E-state index in [1.807, 2.05) is 0 Å². The Morgan fingerprint density at radius 1 is 1.45 bits per heavy atom. The normalized spacial score (nSPS) is 11.6. The number of carbonyl (C=O) groups is 1. The Labute approximate surface area is 74.2 Å². The molecule has 9 heteroatoms. The van der Waals surface area contributed by atoms with Gasteiger partial charge < -0.3 is 9.66 Å². The number of rotatable bonds is 0. The molecule has 0 saturated carbocycles. The second kappa shape index (κ2) is 8.07. The monoisotopic (exact) mass is 186 g/mol. The standard InChI is InChI=1S/CHF3O2S.CH2O2.Li/c2-1(3,4)7(5)6;2-1-3;/h(H,5,6);1H,(H,2,3);/q;;+1/p-1. The van der Waals surface area contributed by atoms with Gasteiger partial charge in [0.15, 0.2) is 0 Å². The maximum atomic E-state index is 10.6. The fourth-order valence-electron chi connectivity index (χ4n) is 0. The van der Waals surface area contributed by atoms with Gasteiger partial charge in [0.2, 0.25) is 0 Å². The largest absolute Gasteiger partial charge is 1.00 e. The van der Waals surface area contributed by atoms with E-state index in [0.717, 1.165) is 0 Å². The summed E-state index contributed by atoms with van der Waals surface area (Å²) in [7, 11) is 0. The van der Waals surface area contributed by atoms with Gasteiger partial charge in [0.1, 0.15) is 0 Å². The van der Waals surface area contributed by atoms with Crippen LogP contribution in [0.4, 0.5) is 13.2 Å². The maximum Gasteiger partial charge on any atom is 1.00 e. The molecule has 0 saturated heterocycles. The number of alkyl halides is 3. The molecule has 1 N–H and O–H groups in total. The topological polar surface area (TPSA) is 77.4 Å². The maximum absolute atomic E-state index is 10.6. The zero-order valence-corrected chi connectivity index (χ0v) is 6.11. The molecule has 1 atom stereocenters. The third kappa shape index (κ3) is 17.8. The van der Waals surface area contributed by atoms with Gasteiger partial charge in [-0.15, -0.1) is 0 Å². The minimum atomic E-state index is -5.08. The van der Waals surface area contributed by atoms with E-state index in [2.05, 4.69) is 0 Å². The van der Waals surface area contributed by atoms with E-state index in [1.165, 1.54) is 0 Å². The summed E-state index contributed by atoms with van der Waals surface area (Å²) in [5.41, 5.74) is -5.08. The quantitative estimate of drug-likeness (QED) is 0.250. The molecular formula is C2H2F3LiO4S. The number of carboxylic acid groups (broad SMARTS) is 1. The van der Waals surface area contributed by atoms with Crippen LogP contribution in [0, 0.1) is 0 Å². The second-order valence-electron chi connectivity index (χ2n) is 0.786. The first-order valence-electron chi connectivity index (χ1n) is 1.60. The van der Waals surface area contributed by atoms with Gasteiger partial charge in [-0.25, -0.2) is 0 Å². The van der Waals surface area contributed by atoms with E-state index in [-0.39, 0.29) is 25.3 Å². The summed E-state index contributed by atoms with van der Waals surface area (Å²) >= 11 is -3.93. The van der Waals surface area contributed by atoms with Crippen molar-refractivity contribution in [2.75, 3.05) is 0 Å². The van der Waals surface area contributed by atoms with Crippen molar-refractivity contribution in [2.24, 2.45) is 0 Å². The molecule has 0 aromatic rings. The van der Waals surface area contributed by atoms with Gasteiger partial charge in [-0.2, -0.15) is 13.2 Å². The molecule has 4 nitrogen and oxygen atoms in total. The van der Waals surface area contributed by atoms with Gasteiger partial charge in [0.05, 0.1) is 11.1 Å². The van der Waals surface area contributed by atoms with Crippen LogP contribution in [-0.4, -0.2) is 25.8 Å². The summed E-state index contributed by atoms with van der Waals surface area (Å²) in [5, 5.41) is 6.89. The molecule has 0 aromatic heterocycles. The zero-order valence-electron chi connectivity index (χ0n) is 5.29. The Morgan fingerprint density at radius 2 is 1.55 bits per heavy atom. The van der Waals surface area contributed by atoms with Gasteiger partial charge in [-0.05, 0) is 0 Å². The molecule has 1 unspecified atom stereocenters. The summed E-state index contributed by atoms with van der Waals surface area (Å²) in [6.45, 7) is -0.250. The van der Waals surface area contributed by atoms with Crippen LogP contribution in [-0.2, 0) is 15.9 Å². The minimum absolute atomic E-state index is 0. The second-order valence-corrected chi connectivity index (χ2v) is 1.72. The Bertz CT molecular complexity index is 125. The van der Waals surface area contributed by atoms with E-state index >= 15 is 0 Å². The van der Waals surface area contributed by atoms with E-state index in [9.17, 15) is 13.2 Å². The third-order valence-electron chi connectivity index (χ3n) is 0.189. The molecule has 0 spiro atoms. The number of hydrogen-bond donors (Lipinski definition) is 1. The summed E-state index contributed by atoms with van der Waals surface area (Å²) in [6.07, 6.45) is 0. The fraction of sp³-hybridized carbons (Fsp3) is 0.500. The molecule has 0 bridgehead atoms. The molecule has 0 aliphatic rings. The average Bonchev–Trinajstić information content (AvgIpc) is 1.64. The van der Waals surface area contributed by atoms with E-state index in [0.29, 0.717) is 0 Å². The molecular weight excluding hydrogens is 184 g/mol. The van der Waals surface area contributed by atoms with Crippen molar-refractivity contribution in [2.45, 2.75) is 5.51 Å². The number of halogens is 3. The van der Waals surface area contributed by atoms with E-state index in [1.54, 1.807) is 0 Å². The van der Waals surface area contributed by atoms with Crippen molar-refractivity contribution in [3.05, 3.63) is 0 Å². The van der Waals surface area contributed by atoms with Crippen LogP contribution >= 0.6 is 0 Å². The van der Waals surface area contributed by atoms with Crippen LogP contribution in [0.5, 0.6) is 0 Å². The summed E-state index contributed by atoms with van der Waals surface area (Å²) < 4.78 is 49.5. The van der Waals surface area contributed by atoms with Crippen molar-refractivity contribution in [1.82, 2.24) is 0 Å². The first-order chi connectivity index (χ1) is 4.36. The van der Waals surface area contributed by atoms with Crippen molar-refractivity contribution >= 4 is 17.6 Å². The summed E-state index contributed by atoms with van der Waals surface area (Å²) in [5.74, 6) is 0. The Balaban J connectivity index is -0.000000140.